The molecule has 0 heterocycles. The fraction of sp³-hybridized carbons (Fsp3) is 0.333. The van der Waals surface area contributed by atoms with Crippen molar-refractivity contribution in [2.75, 3.05) is 16.4 Å². The smallest absolute Gasteiger partial charge is 0.283 e. The second-order valence-electron chi connectivity index (χ2n) is 3.39. The van der Waals surface area contributed by atoms with Gasteiger partial charge in [-0.15, -0.1) is 11.6 Å². The summed E-state index contributed by atoms with van der Waals surface area (Å²) in [4.78, 5) is 9.56. The summed E-state index contributed by atoms with van der Waals surface area (Å²) >= 11 is 5.37. The summed E-state index contributed by atoms with van der Waals surface area (Å²) in [6, 6.07) is 2.77. The lowest BCUT2D eigenvalue weighted by atomic mass is 10.3. The molecule has 0 aromatic heterocycles. The van der Waals surface area contributed by atoms with Crippen LogP contribution in [0.5, 0.6) is 0 Å². The lowest BCUT2D eigenvalue weighted by Gasteiger charge is -2.07. The van der Waals surface area contributed by atoms with Crippen molar-refractivity contribution in [3.05, 3.63) is 34.1 Å². The third kappa shape index (κ3) is 4.11. The maximum Gasteiger partial charge on any atom is 0.306 e. The molecule has 0 aliphatic carbocycles. The monoisotopic (exact) mass is 296 g/mol. The topological polar surface area (TPSA) is 89.3 Å². The van der Waals surface area contributed by atoms with Gasteiger partial charge >= 0.3 is 5.69 Å². The van der Waals surface area contributed by atoms with E-state index in [9.17, 15) is 22.9 Å². The van der Waals surface area contributed by atoms with Gasteiger partial charge in [0.25, 0.3) is 0 Å². The van der Waals surface area contributed by atoms with Crippen LogP contribution in [0, 0.1) is 15.9 Å². The predicted molar refractivity (Wildman–Crippen MR) is 65.8 cm³/mol. The fourth-order valence-corrected chi connectivity index (χ4v) is 2.60. The first-order valence-corrected chi connectivity index (χ1v) is 7.05. The van der Waals surface area contributed by atoms with Gasteiger partial charge in [-0.2, -0.15) is 4.39 Å². The molecule has 1 aromatic rings. The minimum Gasteiger partial charge on any atom is -0.283 e. The van der Waals surface area contributed by atoms with E-state index in [1.54, 1.807) is 0 Å². The van der Waals surface area contributed by atoms with Gasteiger partial charge in [0.2, 0.25) is 15.8 Å². The number of benzene rings is 1. The molecule has 0 unspecified atom stereocenters. The molecule has 0 saturated heterocycles. The highest BCUT2D eigenvalue weighted by atomic mass is 35.5. The van der Waals surface area contributed by atoms with Crippen LogP contribution in [0.25, 0.3) is 0 Å². The number of rotatable bonds is 6. The zero-order valence-electron chi connectivity index (χ0n) is 9.10. The molecule has 0 radical (unpaired) electrons. The van der Waals surface area contributed by atoms with E-state index >= 15 is 0 Å². The van der Waals surface area contributed by atoms with Crippen LogP contribution in [-0.2, 0) is 10.0 Å². The van der Waals surface area contributed by atoms with Crippen molar-refractivity contribution < 1.29 is 17.7 Å². The van der Waals surface area contributed by atoms with Crippen molar-refractivity contribution in [3.8, 4) is 0 Å². The molecular formula is C9H10ClFN2O4S. The molecule has 0 bridgehead atoms. The van der Waals surface area contributed by atoms with Crippen molar-refractivity contribution in [2.24, 2.45) is 0 Å². The van der Waals surface area contributed by atoms with Crippen LogP contribution in [0.15, 0.2) is 18.2 Å². The highest BCUT2D eigenvalue weighted by molar-refractivity contribution is 7.92. The molecule has 6 nitrogen and oxygen atoms in total. The van der Waals surface area contributed by atoms with Crippen LogP contribution in [0.2, 0.25) is 0 Å². The highest BCUT2D eigenvalue weighted by Gasteiger charge is 2.17. The maximum absolute atomic E-state index is 13.0. The van der Waals surface area contributed by atoms with Gasteiger partial charge in [0.1, 0.15) is 0 Å². The van der Waals surface area contributed by atoms with Crippen LogP contribution in [-0.4, -0.2) is 25.0 Å². The Kier molecular flexibility index (Phi) is 4.85. The van der Waals surface area contributed by atoms with Crippen molar-refractivity contribution >= 4 is 33.0 Å². The Morgan fingerprint density at radius 1 is 1.44 bits per heavy atom. The Morgan fingerprint density at radius 2 is 2.11 bits per heavy atom. The first kappa shape index (κ1) is 14.7. The molecule has 9 heteroatoms. The SMILES string of the molecule is O=[N+]([O-])c1cc(NS(=O)(=O)CCCCl)ccc1F. The van der Waals surface area contributed by atoms with Gasteiger partial charge in [0.05, 0.1) is 16.4 Å². The quantitative estimate of drug-likeness (QED) is 0.494. The molecule has 0 aliphatic heterocycles. The Balaban J connectivity index is 2.92. The lowest BCUT2D eigenvalue weighted by Crippen LogP contribution is -2.17. The van der Waals surface area contributed by atoms with E-state index < -0.39 is 26.5 Å². The van der Waals surface area contributed by atoms with Crippen molar-refractivity contribution in [1.29, 1.82) is 0 Å². The van der Waals surface area contributed by atoms with Gasteiger partial charge in [-0.25, -0.2) is 8.42 Å². The minimum absolute atomic E-state index is 0.0577. The summed E-state index contributed by atoms with van der Waals surface area (Å²) in [7, 11) is -3.63. The molecule has 18 heavy (non-hydrogen) atoms. The summed E-state index contributed by atoms with van der Waals surface area (Å²) in [5, 5.41) is 10.5. The number of nitrogens with zero attached hydrogens (tertiary/aromatic N) is 1. The molecule has 0 saturated carbocycles. The van der Waals surface area contributed by atoms with Gasteiger partial charge in [0, 0.05) is 11.9 Å². The van der Waals surface area contributed by atoms with E-state index in [-0.39, 0.29) is 23.7 Å². The normalized spacial score (nSPS) is 11.2. The number of nitro benzene ring substituents is 1. The second kappa shape index (κ2) is 5.96. The van der Waals surface area contributed by atoms with Crippen LogP contribution in [0.4, 0.5) is 15.8 Å². The molecule has 1 N–H and O–H groups in total. The van der Waals surface area contributed by atoms with Crippen LogP contribution in [0.3, 0.4) is 0 Å². The molecule has 100 valence electrons. The number of alkyl halides is 1. The van der Waals surface area contributed by atoms with Crippen molar-refractivity contribution in [2.45, 2.75) is 6.42 Å². The summed E-state index contributed by atoms with van der Waals surface area (Å²) in [6.45, 7) is 0. The standard InChI is InChI=1S/C9H10ClFN2O4S/c10-4-1-5-18(16,17)12-7-2-3-8(11)9(6-7)13(14)15/h2-3,6,12H,1,4-5H2. The van der Waals surface area contributed by atoms with E-state index in [2.05, 4.69) is 4.72 Å². The molecule has 0 atom stereocenters. The zero-order chi connectivity index (χ0) is 13.8. The van der Waals surface area contributed by atoms with E-state index in [4.69, 9.17) is 11.6 Å². The molecule has 0 fully saturated rings. The Labute approximate surface area is 108 Å². The molecule has 1 rings (SSSR count). The van der Waals surface area contributed by atoms with E-state index in [0.717, 1.165) is 18.2 Å². The molecule has 0 aliphatic rings. The first-order chi connectivity index (χ1) is 8.35. The van der Waals surface area contributed by atoms with Crippen LogP contribution in [0.1, 0.15) is 6.42 Å². The number of nitro groups is 1. The molecular weight excluding hydrogens is 287 g/mol. The fourth-order valence-electron chi connectivity index (χ4n) is 1.19. The van der Waals surface area contributed by atoms with Crippen LogP contribution < -0.4 is 4.72 Å². The average molecular weight is 297 g/mol. The van der Waals surface area contributed by atoms with Gasteiger partial charge < -0.3 is 0 Å². The third-order valence-corrected chi connectivity index (χ3v) is 3.60. The first-order valence-electron chi connectivity index (χ1n) is 4.86. The predicted octanol–water partition coefficient (Wildman–Crippen LogP) is 2.10. The number of hydrogen-bond acceptors (Lipinski definition) is 4. The summed E-state index contributed by atoms with van der Waals surface area (Å²) in [6.07, 6.45) is 0.250. The largest absolute Gasteiger partial charge is 0.306 e. The van der Waals surface area contributed by atoms with Crippen molar-refractivity contribution in [1.82, 2.24) is 0 Å². The average Bonchev–Trinajstić information content (AvgIpc) is 2.28. The number of hydrogen-bond donors (Lipinski definition) is 1. The van der Waals surface area contributed by atoms with Gasteiger partial charge in [0.15, 0.2) is 0 Å². The van der Waals surface area contributed by atoms with E-state index in [1.165, 1.54) is 0 Å². The molecule has 0 spiro atoms. The Morgan fingerprint density at radius 3 is 2.67 bits per heavy atom. The Hall–Kier alpha value is -1.41. The second-order valence-corrected chi connectivity index (χ2v) is 5.61. The lowest BCUT2D eigenvalue weighted by molar-refractivity contribution is -0.387. The van der Waals surface area contributed by atoms with Gasteiger partial charge in [-0.3, -0.25) is 14.8 Å². The number of anilines is 1. The Bertz CT molecular complexity index is 549. The summed E-state index contributed by atoms with van der Waals surface area (Å²) in [5.74, 6) is -1.05. The number of halogens is 2. The van der Waals surface area contributed by atoms with E-state index in [1.807, 2.05) is 0 Å². The minimum atomic E-state index is -3.63. The number of nitrogens with one attached hydrogen (secondary N) is 1. The van der Waals surface area contributed by atoms with Crippen molar-refractivity contribution in [3.63, 3.8) is 0 Å². The summed E-state index contributed by atoms with van der Waals surface area (Å²) in [5.41, 5.74) is -0.842. The van der Waals surface area contributed by atoms with Gasteiger partial charge in [-0.1, -0.05) is 0 Å². The van der Waals surface area contributed by atoms with Gasteiger partial charge in [-0.05, 0) is 18.6 Å². The highest BCUT2D eigenvalue weighted by Crippen LogP contribution is 2.22. The molecule has 0 amide bonds. The van der Waals surface area contributed by atoms with Crippen LogP contribution >= 0.6 is 11.6 Å². The molecule has 1 aromatic carbocycles. The zero-order valence-corrected chi connectivity index (χ0v) is 10.7. The maximum atomic E-state index is 13.0. The van der Waals surface area contributed by atoms with E-state index in [0.29, 0.717) is 0 Å². The third-order valence-electron chi connectivity index (χ3n) is 1.96. The number of sulfonamides is 1. The summed E-state index contributed by atoms with van der Waals surface area (Å²) < 4.78 is 38.1.